The third-order valence-corrected chi connectivity index (χ3v) is 13.8. The molecule has 3 saturated heterocycles. The van der Waals surface area contributed by atoms with Gasteiger partial charge >= 0.3 is 6.18 Å². The molecule has 3 aromatic carbocycles. The molecule has 0 aliphatic carbocycles. The first-order valence-electron chi connectivity index (χ1n) is 21.3. The Balaban J connectivity index is 0.941. The van der Waals surface area contributed by atoms with Crippen LogP contribution in [0, 0.1) is 11.2 Å². The normalized spacial score (nSPS) is 24.1. The first-order chi connectivity index (χ1) is 30.8. The summed E-state index contributed by atoms with van der Waals surface area (Å²) in [5, 5.41) is 11.7. The van der Waals surface area contributed by atoms with Crippen molar-refractivity contribution in [2.75, 3.05) is 37.4 Å². The van der Waals surface area contributed by atoms with Crippen LogP contribution in [0.15, 0.2) is 66.9 Å². The van der Waals surface area contributed by atoms with Crippen LogP contribution in [-0.2, 0) is 32.5 Å². The number of aromatic nitrogens is 1. The number of anilines is 2. The summed E-state index contributed by atoms with van der Waals surface area (Å²) in [5.41, 5.74) is 0.909. The van der Waals surface area contributed by atoms with E-state index in [1.54, 1.807) is 29.2 Å². The molecule has 1 unspecified atom stereocenters. The second-order valence-electron chi connectivity index (χ2n) is 18.7. The molecule has 3 fully saturated rings. The number of hydrogen-bond donors (Lipinski definition) is 4. The number of fused-ring (bicyclic) bond motifs is 3. The molecule has 18 heteroatoms. The van der Waals surface area contributed by atoms with Gasteiger partial charge in [-0.1, -0.05) is 56.6 Å². The SMILES string of the molecule is COc1cc(C(=O)N2CC(c3ccc4c(c3)CN(C3CCC(=O)NC3=O)C4=O)C2)ccc1NC(=O)[C@@H]1N[C@@H](CC(C)(C)C)[C@@]2(CNc3cc(C(F)(F)F)ncc32)[C@H]1c1cccc(Cl)c1F. The third-order valence-electron chi connectivity index (χ3n) is 13.5. The van der Waals surface area contributed by atoms with Gasteiger partial charge in [-0.3, -0.25) is 34.3 Å². The number of carbonyl (C=O) groups excluding carboxylic acids is 5. The van der Waals surface area contributed by atoms with Gasteiger partial charge in [-0.2, -0.15) is 13.2 Å². The van der Waals surface area contributed by atoms with E-state index < -0.39 is 59.0 Å². The van der Waals surface area contributed by atoms with Gasteiger partial charge in [0.15, 0.2) is 0 Å². The van der Waals surface area contributed by atoms with Crippen molar-refractivity contribution in [1.82, 2.24) is 25.4 Å². The monoisotopic (exact) mass is 915 g/mol. The number of benzene rings is 3. The zero-order valence-corrected chi connectivity index (χ0v) is 36.6. The summed E-state index contributed by atoms with van der Waals surface area (Å²) in [7, 11) is 1.40. The van der Waals surface area contributed by atoms with Crippen molar-refractivity contribution in [2.45, 2.75) is 88.1 Å². The van der Waals surface area contributed by atoms with E-state index in [9.17, 15) is 37.1 Å². The molecule has 1 spiro atoms. The third kappa shape index (κ3) is 7.75. The summed E-state index contributed by atoms with van der Waals surface area (Å²) in [6, 6.07) is 13.2. The van der Waals surface area contributed by atoms with E-state index >= 15 is 4.39 Å². The Morgan fingerprint density at radius 2 is 1.80 bits per heavy atom. The fraction of sp³-hybridized carbons (Fsp3) is 0.404. The van der Waals surface area contributed by atoms with Crippen LogP contribution in [0.1, 0.15) is 101 Å². The highest BCUT2D eigenvalue weighted by Crippen LogP contribution is 2.57. The van der Waals surface area contributed by atoms with Crippen molar-refractivity contribution in [3.8, 4) is 5.75 Å². The Labute approximate surface area is 376 Å². The molecule has 13 nitrogen and oxygen atoms in total. The molecule has 340 valence electrons. The number of likely N-dealkylation sites (tertiary alicyclic amines) is 1. The molecule has 0 saturated carbocycles. The average molecular weight is 916 g/mol. The summed E-state index contributed by atoms with van der Waals surface area (Å²) in [4.78, 5) is 72.8. The molecule has 9 rings (SSSR count). The van der Waals surface area contributed by atoms with Crippen molar-refractivity contribution in [1.29, 1.82) is 0 Å². The summed E-state index contributed by atoms with van der Waals surface area (Å²) in [6.07, 6.45) is -2.65. The molecule has 4 aromatic rings. The first kappa shape index (κ1) is 44.1. The molecule has 1 aromatic heterocycles. The lowest BCUT2D eigenvalue weighted by Crippen LogP contribution is -2.52. The minimum atomic E-state index is -4.71. The molecule has 65 heavy (non-hydrogen) atoms. The number of nitrogens with zero attached hydrogens (tertiary/aromatic N) is 3. The predicted octanol–water partition coefficient (Wildman–Crippen LogP) is 6.76. The molecule has 5 atom stereocenters. The quantitative estimate of drug-likeness (QED) is 0.111. The number of carbonyl (C=O) groups is 5. The van der Waals surface area contributed by atoms with Crippen LogP contribution in [0.3, 0.4) is 0 Å². The maximum absolute atomic E-state index is 16.3. The molecule has 6 heterocycles. The zero-order valence-electron chi connectivity index (χ0n) is 35.9. The van der Waals surface area contributed by atoms with Gasteiger partial charge in [-0.15, -0.1) is 0 Å². The lowest BCUT2D eigenvalue weighted by molar-refractivity contribution is -0.141. The number of rotatable bonds is 8. The predicted molar refractivity (Wildman–Crippen MR) is 231 cm³/mol. The maximum Gasteiger partial charge on any atom is 0.433 e. The van der Waals surface area contributed by atoms with Crippen LogP contribution in [0.2, 0.25) is 5.02 Å². The second-order valence-corrected chi connectivity index (χ2v) is 19.1. The van der Waals surface area contributed by atoms with Crippen molar-refractivity contribution >= 4 is 52.5 Å². The van der Waals surface area contributed by atoms with Gasteiger partial charge in [-0.05, 0) is 71.3 Å². The number of ether oxygens (including phenoxy) is 1. The number of halogens is 5. The molecular formula is C47H46ClF4N7O6. The van der Waals surface area contributed by atoms with Crippen LogP contribution in [0.25, 0.3) is 0 Å². The summed E-state index contributed by atoms with van der Waals surface area (Å²) >= 11 is 6.35. The van der Waals surface area contributed by atoms with E-state index in [0.717, 1.165) is 17.2 Å². The Hall–Kier alpha value is -6.07. The maximum atomic E-state index is 16.3. The minimum Gasteiger partial charge on any atom is -0.495 e. The average Bonchev–Trinajstić information content (AvgIpc) is 3.88. The molecular weight excluding hydrogens is 870 g/mol. The Morgan fingerprint density at radius 3 is 2.51 bits per heavy atom. The van der Waals surface area contributed by atoms with Crippen LogP contribution < -0.4 is 26.0 Å². The largest absolute Gasteiger partial charge is 0.495 e. The Bertz CT molecular complexity index is 2670. The molecule has 4 N–H and O–H groups in total. The van der Waals surface area contributed by atoms with E-state index in [1.165, 1.54) is 36.4 Å². The van der Waals surface area contributed by atoms with E-state index in [0.29, 0.717) is 36.2 Å². The van der Waals surface area contributed by atoms with E-state index in [4.69, 9.17) is 16.3 Å². The summed E-state index contributed by atoms with van der Waals surface area (Å²) in [6.45, 7) is 7.14. The van der Waals surface area contributed by atoms with Crippen molar-refractivity contribution in [3.05, 3.63) is 117 Å². The van der Waals surface area contributed by atoms with Crippen LogP contribution >= 0.6 is 11.6 Å². The van der Waals surface area contributed by atoms with Gasteiger partial charge in [0, 0.05) is 84.5 Å². The fourth-order valence-corrected chi connectivity index (χ4v) is 10.5. The van der Waals surface area contributed by atoms with Crippen LogP contribution in [0.4, 0.5) is 28.9 Å². The number of piperidine rings is 1. The standard InChI is InChI=1S/C47H46ClF4N7O6/c1-45(2,3)17-36-46(22-54-32-16-35(47(50,51)52)53-18-29(32)46)38(28-6-5-7-30(48)39(28)49)40(56-36)42(62)55-31-11-9-24(15-34(31)65-4)43(63)58-19-26(20-58)23-8-10-27-25(14-23)21-59(44(27)64)33-12-13-37(60)57-41(33)61/h5-11,14-16,18,26,33,36,38,40,54,56H,12-13,17,19-22H2,1-4H3,(H,55,62)(H,57,60,61)/t33?,36-,38-,40+,46-/m0/s1. The van der Waals surface area contributed by atoms with Crippen LogP contribution in [-0.4, -0.2) is 89.2 Å². The van der Waals surface area contributed by atoms with Gasteiger partial charge < -0.3 is 30.5 Å². The van der Waals surface area contributed by atoms with Gasteiger partial charge in [0.2, 0.25) is 17.7 Å². The number of alkyl halides is 3. The number of hydrogen-bond acceptors (Lipinski definition) is 9. The Morgan fingerprint density at radius 1 is 1.03 bits per heavy atom. The van der Waals surface area contributed by atoms with E-state index in [2.05, 4.69) is 26.3 Å². The molecule has 5 aliphatic heterocycles. The van der Waals surface area contributed by atoms with E-state index in [1.807, 2.05) is 32.9 Å². The lowest BCUT2D eigenvalue weighted by Gasteiger charge is -2.40. The van der Waals surface area contributed by atoms with Gasteiger partial charge in [0.05, 0.1) is 23.9 Å². The number of nitrogens with one attached hydrogen (secondary N) is 4. The first-order valence-corrected chi connectivity index (χ1v) is 21.7. The smallest absolute Gasteiger partial charge is 0.433 e. The molecule has 5 aliphatic rings. The number of imide groups is 1. The highest BCUT2D eigenvalue weighted by Gasteiger charge is 2.62. The van der Waals surface area contributed by atoms with Gasteiger partial charge in [0.1, 0.15) is 23.3 Å². The zero-order chi connectivity index (χ0) is 46.3. The van der Waals surface area contributed by atoms with Gasteiger partial charge in [-0.25, -0.2) is 4.39 Å². The molecule has 0 bridgehead atoms. The van der Waals surface area contributed by atoms with E-state index in [-0.39, 0.29) is 82.7 Å². The van der Waals surface area contributed by atoms with Crippen molar-refractivity contribution < 1.29 is 46.3 Å². The second kappa shape index (κ2) is 16.1. The van der Waals surface area contributed by atoms with Gasteiger partial charge in [0.25, 0.3) is 11.8 Å². The topological polar surface area (TPSA) is 162 Å². The number of methoxy groups -OCH3 is 1. The Kier molecular flexibility index (Phi) is 10.9. The van der Waals surface area contributed by atoms with Crippen molar-refractivity contribution in [2.24, 2.45) is 5.41 Å². The lowest BCUT2D eigenvalue weighted by atomic mass is 9.63. The fourth-order valence-electron chi connectivity index (χ4n) is 10.4. The number of pyridine rings is 1. The highest BCUT2D eigenvalue weighted by molar-refractivity contribution is 6.30. The highest BCUT2D eigenvalue weighted by atomic mass is 35.5. The molecule has 5 amide bonds. The van der Waals surface area contributed by atoms with Crippen molar-refractivity contribution in [3.63, 3.8) is 0 Å². The molecule has 0 radical (unpaired) electrons. The summed E-state index contributed by atoms with van der Waals surface area (Å²) in [5.74, 6) is -3.49. The number of amides is 5. The summed E-state index contributed by atoms with van der Waals surface area (Å²) < 4.78 is 63.5. The minimum absolute atomic E-state index is 0.00411. The van der Waals surface area contributed by atoms with Crippen LogP contribution in [0.5, 0.6) is 5.75 Å².